The third-order valence-electron chi connectivity index (χ3n) is 3.31. The van der Waals surface area contributed by atoms with Crippen molar-refractivity contribution in [2.75, 3.05) is 5.73 Å². The second-order valence-electron chi connectivity index (χ2n) is 4.76. The van der Waals surface area contributed by atoms with E-state index in [9.17, 15) is 0 Å². The number of nitrogens with two attached hydrogens (primary N) is 1. The highest BCUT2D eigenvalue weighted by molar-refractivity contribution is 5.62. The van der Waals surface area contributed by atoms with Gasteiger partial charge in [-0.3, -0.25) is 0 Å². The molecule has 104 valence electrons. The fourth-order valence-corrected chi connectivity index (χ4v) is 2.13. The van der Waals surface area contributed by atoms with Gasteiger partial charge in [-0.05, 0) is 12.0 Å². The van der Waals surface area contributed by atoms with Crippen LogP contribution in [0.5, 0.6) is 0 Å². The molecule has 0 fully saturated rings. The lowest BCUT2D eigenvalue weighted by Crippen LogP contribution is -2.02. The molecular formula is C17H16N4. The summed E-state index contributed by atoms with van der Waals surface area (Å²) in [5, 5.41) is 0. The Morgan fingerprint density at radius 1 is 0.762 bits per heavy atom. The third kappa shape index (κ3) is 2.89. The molecule has 0 aliphatic carbocycles. The molecule has 2 aromatic carbocycles. The van der Waals surface area contributed by atoms with Crippen LogP contribution in [-0.4, -0.2) is 15.0 Å². The van der Waals surface area contributed by atoms with Crippen LogP contribution in [-0.2, 0) is 6.42 Å². The fourth-order valence-electron chi connectivity index (χ4n) is 2.13. The third-order valence-corrected chi connectivity index (χ3v) is 3.31. The number of nitrogens with zero attached hydrogens (tertiary/aromatic N) is 3. The minimum atomic E-state index is 0.235. The highest BCUT2D eigenvalue weighted by Crippen LogP contribution is 2.21. The second-order valence-corrected chi connectivity index (χ2v) is 4.76. The van der Waals surface area contributed by atoms with Crippen molar-refractivity contribution < 1.29 is 0 Å². The number of aryl methyl sites for hydroxylation is 1. The molecule has 4 nitrogen and oxygen atoms in total. The molecule has 0 spiro atoms. The van der Waals surface area contributed by atoms with E-state index in [-0.39, 0.29) is 5.95 Å². The van der Waals surface area contributed by atoms with Crippen molar-refractivity contribution in [1.29, 1.82) is 0 Å². The van der Waals surface area contributed by atoms with Gasteiger partial charge in [0.25, 0.3) is 0 Å². The van der Waals surface area contributed by atoms with E-state index < -0.39 is 0 Å². The molecule has 3 rings (SSSR count). The summed E-state index contributed by atoms with van der Waals surface area (Å²) in [6.45, 7) is 2.13. The lowest BCUT2D eigenvalue weighted by atomic mass is 10.1. The van der Waals surface area contributed by atoms with E-state index in [1.165, 1.54) is 5.56 Å². The number of hydrogen-bond acceptors (Lipinski definition) is 4. The summed E-state index contributed by atoms with van der Waals surface area (Å²) in [5.74, 6) is 1.43. The van der Waals surface area contributed by atoms with Gasteiger partial charge in [-0.2, -0.15) is 9.97 Å². The number of rotatable bonds is 3. The first-order chi connectivity index (χ1) is 10.3. The van der Waals surface area contributed by atoms with Crippen LogP contribution in [0.1, 0.15) is 12.5 Å². The average molecular weight is 276 g/mol. The number of hydrogen-bond donors (Lipinski definition) is 1. The van der Waals surface area contributed by atoms with E-state index in [0.29, 0.717) is 11.6 Å². The molecule has 2 N–H and O–H groups in total. The van der Waals surface area contributed by atoms with Crippen LogP contribution in [0.2, 0.25) is 0 Å². The van der Waals surface area contributed by atoms with Crippen LogP contribution >= 0.6 is 0 Å². The standard InChI is InChI=1S/C17H16N4/c1-2-12-8-10-14(11-9-12)16-19-15(20-17(18)21-16)13-6-4-3-5-7-13/h3-11H,2H2,1H3,(H2,18,19,20,21). The van der Waals surface area contributed by atoms with Crippen LogP contribution in [0.3, 0.4) is 0 Å². The van der Waals surface area contributed by atoms with Gasteiger partial charge in [0.1, 0.15) is 0 Å². The molecule has 0 radical (unpaired) electrons. The first-order valence-electron chi connectivity index (χ1n) is 6.92. The molecule has 0 aliphatic rings. The molecule has 0 saturated heterocycles. The van der Waals surface area contributed by atoms with Crippen LogP contribution in [0.25, 0.3) is 22.8 Å². The summed E-state index contributed by atoms with van der Waals surface area (Å²) in [5.41, 5.74) is 8.98. The molecule has 0 aliphatic heterocycles. The molecule has 4 heteroatoms. The van der Waals surface area contributed by atoms with Gasteiger partial charge < -0.3 is 5.73 Å². The fraction of sp³-hybridized carbons (Fsp3) is 0.118. The zero-order valence-corrected chi connectivity index (χ0v) is 11.8. The summed E-state index contributed by atoms with van der Waals surface area (Å²) >= 11 is 0. The summed E-state index contributed by atoms with van der Waals surface area (Å²) in [7, 11) is 0. The molecule has 0 unspecified atom stereocenters. The first-order valence-corrected chi connectivity index (χ1v) is 6.92. The van der Waals surface area contributed by atoms with Crippen molar-refractivity contribution in [2.24, 2.45) is 0 Å². The molecule has 0 amide bonds. The zero-order valence-electron chi connectivity index (χ0n) is 11.8. The number of benzene rings is 2. The lowest BCUT2D eigenvalue weighted by molar-refractivity contribution is 1.08. The van der Waals surface area contributed by atoms with E-state index in [4.69, 9.17) is 5.73 Å². The summed E-state index contributed by atoms with van der Waals surface area (Å²) < 4.78 is 0. The summed E-state index contributed by atoms with van der Waals surface area (Å²) in [6, 6.07) is 18.0. The summed E-state index contributed by atoms with van der Waals surface area (Å²) in [4.78, 5) is 13.0. The predicted octanol–water partition coefficient (Wildman–Crippen LogP) is 3.35. The Balaban J connectivity index is 2.05. The van der Waals surface area contributed by atoms with Crippen molar-refractivity contribution >= 4 is 5.95 Å². The van der Waals surface area contributed by atoms with Crippen molar-refractivity contribution in [2.45, 2.75) is 13.3 Å². The average Bonchev–Trinajstić information content (AvgIpc) is 2.55. The normalized spacial score (nSPS) is 10.5. The van der Waals surface area contributed by atoms with Gasteiger partial charge in [-0.1, -0.05) is 61.5 Å². The van der Waals surface area contributed by atoms with Crippen LogP contribution in [0, 0.1) is 0 Å². The Morgan fingerprint density at radius 3 is 1.90 bits per heavy atom. The van der Waals surface area contributed by atoms with E-state index in [0.717, 1.165) is 17.5 Å². The van der Waals surface area contributed by atoms with Crippen molar-refractivity contribution in [3.63, 3.8) is 0 Å². The molecule has 0 bridgehead atoms. The van der Waals surface area contributed by atoms with Crippen LogP contribution in [0.4, 0.5) is 5.95 Å². The highest BCUT2D eigenvalue weighted by Gasteiger charge is 2.08. The monoisotopic (exact) mass is 276 g/mol. The Labute approximate surface area is 123 Å². The first kappa shape index (κ1) is 13.2. The maximum atomic E-state index is 5.83. The van der Waals surface area contributed by atoms with Gasteiger partial charge in [0, 0.05) is 11.1 Å². The van der Waals surface area contributed by atoms with Gasteiger partial charge in [-0.15, -0.1) is 0 Å². The van der Waals surface area contributed by atoms with E-state index in [1.54, 1.807) is 0 Å². The molecule has 0 atom stereocenters. The topological polar surface area (TPSA) is 64.7 Å². The lowest BCUT2D eigenvalue weighted by Gasteiger charge is -2.06. The highest BCUT2D eigenvalue weighted by atomic mass is 15.1. The maximum absolute atomic E-state index is 5.83. The molecular weight excluding hydrogens is 260 g/mol. The van der Waals surface area contributed by atoms with Gasteiger partial charge in [0.2, 0.25) is 5.95 Å². The molecule has 21 heavy (non-hydrogen) atoms. The van der Waals surface area contributed by atoms with Crippen molar-refractivity contribution in [3.8, 4) is 22.8 Å². The molecule has 1 aromatic heterocycles. The molecule has 3 aromatic rings. The van der Waals surface area contributed by atoms with E-state index >= 15 is 0 Å². The van der Waals surface area contributed by atoms with Crippen LogP contribution in [0.15, 0.2) is 54.6 Å². The minimum Gasteiger partial charge on any atom is -0.368 e. The predicted molar refractivity (Wildman–Crippen MR) is 84.5 cm³/mol. The maximum Gasteiger partial charge on any atom is 0.224 e. The van der Waals surface area contributed by atoms with Gasteiger partial charge in [0.15, 0.2) is 11.6 Å². The quantitative estimate of drug-likeness (QED) is 0.796. The number of anilines is 1. The second kappa shape index (κ2) is 5.71. The number of nitrogen functional groups attached to an aromatic ring is 1. The van der Waals surface area contributed by atoms with E-state index in [2.05, 4.69) is 34.0 Å². The van der Waals surface area contributed by atoms with Gasteiger partial charge >= 0.3 is 0 Å². The Hall–Kier alpha value is -2.75. The SMILES string of the molecule is CCc1ccc(-c2nc(N)nc(-c3ccccc3)n2)cc1. The Kier molecular flexibility index (Phi) is 3.60. The van der Waals surface area contributed by atoms with Gasteiger partial charge in [0.05, 0.1) is 0 Å². The van der Waals surface area contributed by atoms with E-state index in [1.807, 2.05) is 42.5 Å². The Morgan fingerprint density at radius 2 is 1.33 bits per heavy atom. The molecule has 1 heterocycles. The molecule has 0 saturated carbocycles. The smallest absolute Gasteiger partial charge is 0.224 e. The van der Waals surface area contributed by atoms with Crippen molar-refractivity contribution in [1.82, 2.24) is 15.0 Å². The minimum absolute atomic E-state index is 0.235. The Bertz CT molecular complexity index is 736. The summed E-state index contributed by atoms with van der Waals surface area (Å²) in [6.07, 6.45) is 1.01. The largest absolute Gasteiger partial charge is 0.368 e. The number of aromatic nitrogens is 3. The van der Waals surface area contributed by atoms with Gasteiger partial charge in [-0.25, -0.2) is 4.98 Å². The van der Waals surface area contributed by atoms with Crippen molar-refractivity contribution in [3.05, 3.63) is 60.2 Å². The van der Waals surface area contributed by atoms with Crippen LogP contribution < -0.4 is 5.73 Å². The zero-order chi connectivity index (χ0) is 14.7.